The second-order valence-corrected chi connectivity index (χ2v) is 8.33. The maximum absolute atomic E-state index is 14.2. The Bertz CT molecular complexity index is 1100. The summed E-state index contributed by atoms with van der Waals surface area (Å²) in [6.45, 7) is -0.267. The Labute approximate surface area is 174 Å². The van der Waals surface area contributed by atoms with Gasteiger partial charge in [-0.3, -0.25) is 9.10 Å². The Morgan fingerprint density at radius 2 is 1.50 bits per heavy atom. The fraction of sp³-hybridized carbons (Fsp3) is 0.136. The molecule has 156 valence electrons. The average Bonchev–Trinajstić information content (AvgIpc) is 2.74. The monoisotopic (exact) mass is 430 g/mol. The highest BCUT2D eigenvalue weighted by Crippen LogP contribution is 2.24. The van der Waals surface area contributed by atoms with Crippen LogP contribution in [0.3, 0.4) is 0 Å². The summed E-state index contributed by atoms with van der Waals surface area (Å²) in [6.07, 6.45) is 0.456. The van der Waals surface area contributed by atoms with Gasteiger partial charge in [-0.05, 0) is 48.4 Å². The quantitative estimate of drug-likeness (QED) is 0.595. The van der Waals surface area contributed by atoms with Gasteiger partial charge in [0.1, 0.15) is 23.1 Å². The number of halogens is 2. The third kappa shape index (κ3) is 5.21. The number of benzene rings is 3. The van der Waals surface area contributed by atoms with Crippen molar-refractivity contribution in [2.45, 2.75) is 11.3 Å². The van der Waals surface area contributed by atoms with Gasteiger partial charge in [-0.15, -0.1) is 0 Å². The first-order valence-corrected chi connectivity index (χ1v) is 10.7. The predicted octanol–water partition coefficient (Wildman–Crippen LogP) is 3.52. The number of anilines is 1. The van der Waals surface area contributed by atoms with Crippen LogP contribution >= 0.6 is 0 Å². The second kappa shape index (κ2) is 9.49. The average molecular weight is 430 g/mol. The van der Waals surface area contributed by atoms with E-state index >= 15 is 0 Å². The molecule has 1 amide bonds. The van der Waals surface area contributed by atoms with Crippen molar-refractivity contribution in [3.63, 3.8) is 0 Å². The van der Waals surface area contributed by atoms with E-state index in [-0.39, 0.29) is 18.0 Å². The van der Waals surface area contributed by atoms with Gasteiger partial charge in [-0.25, -0.2) is 17.2 Å². The Hall–Kier alpha value is -3.26. The van der Waals surface area contributed by atoms with Crippen molar-refractivity contribution < 1.29 is 22.0 Å². The number of amides is 1. The summed E-state index contributed by atoms with van der Waals surface area (Å²) in [7, 11) is -4.31. The summed E-state index contributed by atoms with van der Waals surface area (Å²) in [4.78, 5) is 12.0. The predicted molar refractivity (Wildman–Crippen MR) is 110 cm³/mol. The SMILES string of the molecule is O=C(CN(c1ccccc1)S(=O)(=O)c1ccccc1F)NCCc1ccc(F)cc1. The molecule has 1 N–H and O–H groups in total. The fourth-order valence-corrected chi connectivity index (χ4v) is 4.35. The number of rotatable bonds is 8. The molecule has 5 nitrogen and oxygen atoms in total. The Kier molecular flexibility index (Phi) is 6.79. The van der Waals surface area contributed by atoms with E-state index < -0.39 is 33.2 Å². The summed E-state index contributed by atoms with van der Waals surface area (Å²) in [5, 5.41) is 2.65. The molecule has 0 aliphatic rings. The third-order valence-corrected chi connectivity index (χ3v) is 6.19. The van der Waals surface area contributed by atoms with Crippen molar-refractivity contribution in [3.8, 4) is 0 Å². The number of nitrogens with zero attached hydrogens (tertiary/aromatic N) is 1. The van der Waals surface area contributed by atoms with Crippen molar-refractivity contribution >= 4 is 21.6 Å². The van der Waals surface area contributed by atoms with Crippen LogP contribution in [0, 0.1) is 11.6 Å². The smallest absolute Gasteiger partial charge is 0.267 e. The van der Waals surface area contributed by atoms with Crippen molar-refractivity contribution in [3.05, 3.63) is 96.1 Å². The molecule has 0 aliphatic heterocycles. The van der Waals surface area contributed by atoms with Crippen molar-refractivity contribution in [2.24, 2.45) is 0 Å². The normalized spacial score (nSPS) is 11.1. The first-order chi connectivity index (χ1) is 14.4. The van der Waals surface area contributed by atoms with Gasteiger partial charge >= 0.3 is 0 Å². The molecule has 0 unspecified atom stereocenters. The lowest BCUT2D eigenvalue weighted by Crippen LogP contribution is -2.41. The van der Waals surface area contributed by atoms with Crippen LogP contribution < -0.4 is 9.62 Å². The molecule has 0 saturated carbocycles. The molecule has 0 bridgehead atoms. The van der Waals surface area contributed by atoms with Gasteiger partial charge in [0.25, 0.3) is 10.0 Å². The van der Waals surface area contributed by atoms with Crippen LogP contribution in [-0.2, 0) is 21.2 Å². The zero-order valence-corrected chi connectivity index (χ0v) is 16.8. The molecule has 0 aliphatic carbocycles. The minimum absolute atomic E-state index is 0.243. The Balaban J connectivity index is 1.76. The summed E-state index contributed by atoms with van der Waals surface area (Å²) >= 11 is 0. The molecular formula is C22H20F2N2O3S. The van der Waals surface area contributed by atoms with Crippen molar-refractivity contribution in [1.29, 1.82) is 0 Å². The number of carbonyl (C=O) groups excluding carboxylic acids is 1. The highest BCUT2D eigenvalue weighted by atomic mass is 32.2. The second-order valence-electron chi connectivity index (χ2n) is 6.50. The van der Waals surface area contributed by atoms with Crippen LogP contribution in [0.1, 0.15) is 5.56 Å². The molecule has 3 rings (SSSR count). The number of carbonyl (C=O) groups is 1. The lowest BCUT2D eigenvalue weighted by Gasteiger charge is -2.24. The molecule has 8 heteroatoms. The number of sulfonamides is 1. The van der Waals surface area contributed by atoms with E-state index in [2.05, 4.69) is 5.32 Å². The topological polar surface area (TPSA) is 66.5 Å². The van der Waals surface area contributed by atoms with E-state index in [9.17, 15) is 22.0 Å². The fourth-order valence-electron chi connectivity index (χ4n) is 2.87. The maximum Gasteiger partial charge on any atom is 0.267 e. The van der Waals surface area contributed by atoms with Crippen molar-refractivity contribution in [2.75, 3.05) is 17.4 Å². The van der Waals surface area contributed by atoms with Gasteiger partial charge in [-0.2, -0.15) is 0 Å². The van der Waals surface area contributed by atoms with Crippen LogP contribution in [0.4, 0.5) is 14.5 Å². The van der Waals surface area contributed by atoms with E-state index in [1.54, 1.807) is 30.3 Å². The lowest BCUT2D eigenvalue weighted by molar-refractivity contribution is -0.119. The lowest BCUT2D eigenvalue weighted by atomic mass is 10.1. The van der Waals surface area contributed by atoms with Gasteiger partial charge in [0.15, 0.2) is 0 Å². The van der Waals surface area contributed by atoms with Gasteiger partial charge < -0.3 is 5.32 Å². The number of nitrogens with one attached hydrogen (secondary N) is 1. The zero-order chi connectivity index (χ0) is 21.6. The Morgan fingerprint density at radius 1 is 0.867 bits per heavy atom. The van der Waals surface area contributed by atoms with Crippen LogP contribution in [0.15, 0.2) is 83.8 Å². The molecule has 3 aromatic rings. The summed E-state index contributed by atoms with van der Waals surface area (Å²) < 4.78 is 54.2. The minimum atomic E-state index is -4.31. The molecule has 30 heavy (non-hydrogen) atoms. The van der Waals surface area contributed by atoms with Crippen LogP contribution in [0.25, 0.3) is 0 Å². The number of hydrogen-bond donors (Lipinski definition) is 1. The molecular weight excluding hydrogens is 410 g/mol. The minimum Gasteiger partial charge on any atom is -0.354 e. The Morgan fingerprint density at radius 3 is 2.17 bits per heavy atom. The van der Waals surface area contributed by atoms with Crippen LogP contribution in [0.2, 0.25) is 0 Å². The number of para-hydroxylation sites is 1. The van der Waals surface area contributed by atoms with E-state index in [1.807, 2.05) is 0 Å². The molecule has 0 heterocycles. The highest BCUT2D eigenvalue weighted by Gasteiger charge is 2.29. The summed E-state index contributed by atoms with van der Waals surface area (Å²) in [5.74, 6) is -1.78. The zero-order valence-electron chi connectivity index (χ0n) is 16.0. The van der Waals surface area contributed by atoms with E-state index in [0.29, 0.717) is 6.42 Å². The molecule has 0 saturated heterocycles. The molecule has 0 aromatic heterocycles. The van der Waals surface area contributed by atoms with Crippen LogP contribution in [0.5, 0.6) is 0 Å². The first kappa shape index (κ1) is 21.4. The van der Waals surface area contributed by atoms with Gasteiger partial charge in [-0.1, -0.05) is 42.5 Å². The third-order valence-electron chi connectivity index (χ3n) is 4.39. The van der Waals surface area contributed by atoms with Gasteiger partial charge in [0.2, 0.25) is 5.91 Å². The van der Waals surface area contributed by atoms with E-state index in [1.165, 1.54) is 36.4 Å². The summed E-state index contributed by atoms with van der Waals surface area (Å²) in [5.41, 5.74) is 1.07. The largest absolute Gasteiger partial charge is 0.354 e. The van der Waals surface area contributed by atoms with E-state index in [0.717, 1.165) is 22.0 Å². The van der Waals surface area contributed by atoms with E-state index in [4.69, 9.17) is 0 Å². The summed E-state index contributed by atoms with van der Waals surface area (Å²) in [6, 6.07) is 18.9. The molecule has 0 fully saturated rings. The highest BCUT2D eigenvalue weighted by molar-refractivity contribution is 7.92. The standard InChI is InChI=1S/C22H20F2N2O3S/c23-18-12-10-17(11-13-18)14-15-25-22(27)16-26(19-6-2-1-3-7-19)30(28,29)21-9-5-4-8-20(21)24/h1-13H,14-16H2,(H,25,27). The number of hydrogen-bond acceptors (Lipinski definition) is 3. The molecule has 0 spiro atoms. The van der Waals surface area contributed by atoms with Gasteiger partial charge in [0.05, 0.1) is 5.69 Å². The van der Waals surface area contributed by atoms with Crippen LogP contribution in [-0.4, -0.2) is 27.4 Å². The molecule has 0 atom stereocenters. The van der Waals surface area contributed by atoms with Gasteiger partial charge in [0, 0.05) is 6.54 Å². The molecule has 0 radical (unpaired) electrons. The maximum atomic E-state index is 14.2. The van der Waals surface area contributed by atoms with Crippen molar-refractivity contribution in [1.82, 2.24) is 5.32 Å². The first-order valence-electron chi connectivity index (χ1n) is 9.21. The molecule has 3 aromatic carbocycles.